The normalized spacial score (nSPS) is 16.8. The molecule has 4 heteroatoms. The van der Waals surface area contributed by atoms with Gasteiger partial charge in [0.25, 0.3) is 5.79 Å². The summed E-state index contributed by atoms with van der Waals surface area (Å²) in [6, 6.07) is 57.3. The molecule has 0 aromatic heterocycles. The lowest BCUT2D eigenvalue weighted by atomic mass is 9.69. The standard InChI is InChI=1S/C45H42O2P2/c1-43(2)31-45(46-41-37(43)27-17-29-39(41)48(33-19-9-5-10-20-33)34-21-11-6-12-22-34)32-44(3,4)38-28-18-30-40(42(38)47-45)49(35-23-13-7-14-24-35)36-25-15-8-16-26-36/h5-30H,31-32H2,1-4H3. The minimum atomic E-state index is -0.871. The molecule has 244 valence electrons. The van der Waals surface area contributed by atoms with Crippen LogP contribution in [0.15, 0.2) is 158 Å². The van der Waals surface area contributed by atoms with Crippen molar-refractivity contribution in [2.45, 2.75) is 57.2 Å². The van der Waals surface area contributed by atoms with Crippen LogP contribution in [0.1, 0.15) is 51.7 Å². The van der Waals surface area contributed by atoms with Gasteiger partial charge in [-0.25, -0.2) is 0 Å². The second kappa shape index (κ2) is 12.6. The van der Waals surface area contributed by atoms with Crippen molar-refractivity contribution in [2.24, 2.45) is 0 Å². The largest absolute Gasteiger partial charge is 0.451 e. The molecule has 0 amide bonds. The van der Waals surface area contributed by atoms with Crippen molar-refractivity contribution >= 4 is 47.7 Å². The Bertz CT molecular complexity index is 1840. The molecule has 0 fully saturated rings. The highest BCUT2D eigenvalue weighted by molar-refractivity contribution is 7.80. The van der Waals surface area contributed by atoms with Crippen molar-refractivity contribution in [1.82, 2.24) is 0 Å². The summed E-state index contributed by atoms with van der Waals surface area (Å²) in [6.45, 7) is 9.47. The molecule has 6 aromatic rings. The highest BCUT2D eigenvalue weighted by atomic mass is 31.1. The number of rotatable bonds is 6. The molecule has 0 saturated carbocycles. The van der Waals surface area contributed by atoms with Gasteiger partial charge in [0.05, 0.1) is 0 Å². The molecule has 0 radical (unpaired) electrons. The van der Waals surface area contributed by atoms with E-state index in [9.17, 15) is 0 Å². The number of ether oxygens (including phenoxy) is 2. The van der Waals surface area contributed by atoms with Crippen molar-refractivity contribution < 1.29 is 9.47 Å². The van der Waals surface area contributed by atoms with E-state index in [0.717, 1.165) is 24.3 Å². The van der Waals surface area contributed by atoms with Crippen LogP contribution in [0, 0.1) is 0 Å². The van der Waals surface area contributed by atoms with Gasteiger partial charge in [0.15, 0.2) is 0 Å². The van der Waals surface area contributed by atoms with E-state index >= 15 is 0 Å². The maximum absolute atomic E-state index is 7.49. The van der Waals surface area contributed by atoms with Gasteiger partial charge < -0.3 is 9.47 Å². The van der Waals surface area contributed by atoms with Gasteiger partial charge in [-0.3, -0.25) is 0 Å². The first-order valence-electron chi connectivity index (χ1n) is 17.2. The van der Waals surface area contributed by atoms with E-state index in [1.807, 2.05) is 0 Å². The van der Waals surface area contributed by atoms with E-state index in [4.69, 9.17) is 9.47 Å². The first-order chi connectivity index (χ1) is 23.7. The predicted molar refractivity (Wildman–Crippen MR) is 210 cm³/mol. The maximum atomic E-state index is 7.49. The molecule has 49 heavy (non-hydrogen) atoms. The summed E-state index contributed by atoms with van der Waals surface area (Å²) in [7, 11) is -1.74. The third-order valence-corrected chi connectivity index (χ3v) is 14.9. The molecule has 6 aromatic carbocycles. The third kappa shape index (κ3) is 5.90. The quantitative estimate of drug-likeness (QED) is 0.164. The van der Waals surface area contributed by atoms with Gasteiger partial charge in [-0.05, 0) is 37.1 Å². The van der Waals surface area contributed by atoms with Crippen LogP contribution in [-0.4, -0.2) is 5.79 Å². The van der Waals surface area contributed by atoms with Crippen molar-refractivity contribution in [2.75, 3.05) is 0 Å². The fraction of sp³-hybridized carbons (Fsp3) is 0.200. The fourth-order valence-electron chi connectivity index (χ4n) is 7.98. The van der Waals surface area contributed by atoms with E-state index in [-0.39, 0.29) is 10.8 Å². The Hall–Kier alpha value is -4.22. The lowest BCUT2D eigenvalue weighted by Gasteiger charge is -2.52. The summed E-state index contributed by atoms with van der Waals surface area (Å²) in [4.78, 5) is 0. The van der Waals surface area contributed by atoms with Crippen LogP contribution in [0.5, 0.6) is 11.5 Å². The SMILES string of the molecule is CC1(C)CC2(CC(C)(C)c3cccc(P(c4ccccc4)c4ccccc4)c3O2)Oc2c(P(c3ccccc3)c3ccccc3)cccc21. The van der Waals surface area contributed by atoms with Crippen LogP contribution in [0.4, 0.5) is 0 Å². The van der Waals surface area contributed by atoms with Gasteiger partial charge in [-0.15, -0.1) is 0 Å². The molecule has 2 nitrogen and oxygen atoms in total. The Morgan fingerprint density at radius 1 is 0.388 bits per heavy atom. The van der Waals surface area contributed by atoms with Gasteiger partial charge in [0.2, 0.25) is 0 Å². The summed E-state index contributed by atoms with van der Waals surface area (Å²) >= 11 is 0. The van der Waals surface area contributed by atoms with E-state index in [1.165, 1.54) is 43.0 Å². The van der Waals surface area contributed by atoms with Crippen molar-refractivity contribution in [3.63, 3.8) is 0 Å². The molecule has 1 spiro atoms. The Labute approximate surface area is 293 Å². The summed E-state index contributed by atoms with van der Waals surface area (Å²) in [5, 5.41) is 7.74. The minimum Gasteiger partial charge on any atom is -0.451 e. The molecule has 0 aliphatic carbocycles. The van der Waals surface area contributed by atoms with Gasteiger partial charge in [-0.1, -0.05) is 185 Å². The van der Waals surface area contributed by atoms with Crippen molar-refractivity contribution in [1.29, 1.82) is 0 Å². The minimum absolute atomic E-state index is 0.176. The summed E-state index contributed by atoms with van der Waals surface area (Å²) < 4.78 is 15.0. The van der Waals surface area contributed by atoms with E-state index in [0.29, 0.717) is 0 Å². The lowest BCUT2D eigenvalue weighted by molar-refractivity contribution is -0.165. The Morgan fingerprint density at radius 3 is 1.00 bits per heavy atom. The average Bonchev–Trinajstić information content (AvgIpc) is 3.10. The molecule has 8 rings (SSSR count). The average molecular weight is 677 g/mol. The number of benzene rings is 6. The first-order valence-corrected chi connectivity index (χ1v) is 19.9. The van der Waals surface area contributed by atoms with Gasteiger partial charge >= 0.3 is 0 Å². The number of hydrogen-bond acceptors (Lipinski definition) is 2. The summed E-state index contributed by atoms with van der Waals surface area (Å²) in [5.41, 5.74) is 2.16. The monoisotopic (exact) mass is 676 g/mol. The second-order valence-corrected chi connectivity index (χ2v) is 18.9. The smallest absolute Gasteiger partial charge is 0.253 e. The van der Waals surface area contributed by atoms with Gasteiger partial charge in [-0.2, -0.15) is 0 Å². The molecule has 0 N–H and O–H groups in total. The van der Waals surface area contributed by atoms with E-state index < -0.39 is 21.6 Å². The van der Waals surface area contributed by atoms with Crippen molar-refractivity contribution in [3.8, 4) is 11.5 Å². The van der Waals surface area contributed by atoms with Gasteiger partial charge in [0.1, 0.15) is 11.5 Å². The Kier molecular flexibility index (Phi) is 8.22. The van der Waals surface area contributed by atoms with Crippen LogP contribution in [-0.2, 0) is 10.8 Å². The topological polar surface area (TPSA) is 18.5 Å². The maximum Gasteiger partial charge on any atom is 0.253 e. The van der Waals surface area contributed by atoms with Crippen LogP contribution >= 0.6 is 15.8 Å². The molecule has 0 saturated heterocycles. The van der Waals surface area contributed by atoms with Crippen LogP contribution < -0.4 is 41.3 Å². The predicted octanol–water partition coefficient (Wildman–Crippen LogP) is 8.72. The van der Waals surface area contributed by atoms with Crippen LogP contribution in [0.3, 0.4) is 0 Å². The number of para-hydroxylation sites is 2. The fourth-order valence-corrected chi connectivity index (χ4v) is 12.8. The first kappa shape index (κ1) is 32.0. The molecular weight excluding hydrogens is 634 g/mol. The Morgan fingerprint density at radius 2 is 0.694 bits per heavy atom. The van der Waals surface area contributed by atoms with Crippen LogP contribution in [0.25, 0.3) is 0 Å². The van der Waals surface area contributed by atoms with Gasteiger partial charge in [0, 0.05) is 45.4 Å². The number of hydrogen-bond donors (Lipinski definition) is 0. The highest BCUT2D eigenvalue weighted by Gasteiger charge is 2.54. The molecule has 0 unspecified atom stereocenters. The van der Waals surface area contributed by atoms with Crippen LogP contribution in [0.2, 0.25) is 0 Å². The number of fused-ring (bicyclic) bond motifs is 2. The zero-order valence-corrected chi connectivity index (χ0v) is 30.4. The molecule has 0 atom stereocenters. The molecule has 0 bridgehead atoms. The zero-order valence-electron chi connectivity index (χ0n) is 28.6. The highest BCUT2D eigenvalue weighted by Crippen LogP contribution is 2.55. The van der Waals surface area contributed by atoms with E-state index in [1.54, 1.807) is 0 Å². The summed E-state index contributed by atoms with van der Waals surface area (Å²) in [6.07, 6.45) is 1.52. The zero-order chi connectivity index (χ0) is 33.6. The molecule has 2 aliphatic rings. The lowest BCUT2D eigenvalue weighted by Crippen LogP contribution is -2.57. The summed E-state index contributed by atoms with van der Waals surface area (Å²) in [5.74, 6) is 1.15. The second-order valence-electron chi connectivity index (χ2n) is 14.6. The van der Waals surface area contributed by atoms with E-state index in [2.05, 4.69) is 185 Å². The Balaban J connectivity index is 1.30. The molecular formula is C45H42O2P2. The molecule has 2 heterocycles. The third-order valence-electron chi connectivity index (χ3n) is 9.98. The van der Waals surface area contributed by atoms with Crippen molar-refractivity contribution in [3.05, 3.63) is 169 Å². The molecule has 2 aliphatic heterocycles.